The van der Waals surface area contributed by atoms with Gasteiger partial charge in [-0.25, -0.2) is 0 Å². The van der Waals surface area contributed by atoms with E-state index in [4.69, 9.17) is 14.2 Å². The summed E-state index contributed by atoms with van der Waals surface area (Å²) >= 11 is 0. The monoisotopic (exact) mass is 662 g/mol. The summed E-state index contributed by atoms with van der Waals surface area (Å²) < 4.78 is 18.2. The Labute approximate surface area is 299 Å². The SMILES string of the molecule is Cc1ccc(Oc2ccc(C)c(C)c2)cc1C.Cc1ccc(Oc2cccc(C(C)(C)c3cccc(Oc4ccc(C)c(C)c4)c3)c2)cc1C. The van der Waals surface area contributed by atoms with Crippen LogP contribution in [-0.2, 0) is 5.41 Å². The maximum Gasteiger partial charge on any atom is 0.127 e. The zero-order valence-electron chi connectivity index (χ0n) is 31.3. The third-order valence-corrected chi connectivity index (χ3v) is 9.73. The Morgan fingerprint density at radius 3 is 0.820 bits per heavy atom. The van der Waals surface area contributed by atoms with E-state index in [-0.39, 0.29) is 5.41 Å². The van der Waals surface area contributed by atoms with Gasteiger partial charge in [-0.1, -0.05) is 62.4 Å². The van der Waals surface area contributed by atoms with E-state index >= 15 is 0 Å². The van der Waals surface area contributed by atoms with Crippen LogP contribution in [0.3, 0.4) is 0 Å². The summed E-state index contributed by atoms with van der Waals surface area (Å²) in [6.07, 6.45) is 0. The molecule has 0 N–H and O–H groups in total. The highest BCUT2D eigenvalue weighted by Crippen LogP contribution is 2.37. The molecule has 0 fully saturated rings. The standard InChI is InChI=1S/C31H32O2.C16H18O/c1-21-13-15-29(17-23(21)3)32-27-11-7-9-25(19-27)31(5,6)26-10-8-12-28(20-26)33-30-16-14-22(2)24(4)18-30;1-11-5-7-15(9-13(11)3)17-16-8-6-12(2)14(4)10-16/h7-20H,1-6H3;5-10H,1-4H3. The van der Waals surface area contributed by atoms with Gasteiger partial charge in [0.05, 0.1) is 0 Å². The van der Waals surface area contributed by atoms with Crippen molar-refractivity contribution in [2.45, 2.75) is 74.7 Å². The largest absolute Gasteiger partial charge is 0.457 e. The number of hydrogen-bond donors (Lipinski definition) is 0. The van der Waals surface area contributed by atoms with Gasteiger partial charge < -0.3 is 14.2 Å². The Morgan fingerprint density at radius 1 is 0.300 bits per heavy atom. The maximum absolute atomic E-state index is 6.18. The molecule has 0 radical (unpaired) electrons. The summed E-state index contributed by atoms with van der Waals surface area (Å²) in [5.41, 5.74) is 12.2. The summed E-state index contributed by atoms with van der Waals surface area (Å²) in [7, 11) is 0. The van der Waals surface area contributed by atoms with E-state index in [9.17, 15) is 0 Å². The van der Waals surface area contributed by atoms with E-state index in [1.807, 2.05) is 36.4 Å². The van der Waals surface area contributed by atoms with Crippen molar-refractivity contribution in [2.24, 2.45) is 0 Å². The molecule has 0 aliphatic heterocycles. The highest BCUT2D eigenvalue weighted by molar-refractivity contribution is 5.46. The Kier molecular flexibility index (Phi) is 11.2. The summed E-state index contributed by atoms with van der Waals surface area (Å²) in [6, 6.07) is 41.5. The van der Waals surface area contributed by atoms with Crippen molar-refractivity contribution in [2.75, 3.05) is 0 Å². The Balaban J connectivity index is 0.000000240. The Bertz CT molecular complexity index is 1950. The van der Waals surface area contributed by atoms with Gasteiger partial charge in [0.1, 0.15) is 34.5 Å². The lowest BCUT2D eigenvalue weighted by Crippen LogP contribution is -2.18. The van der Waals surface area contributed by atoms with E-state index in [2.05, 4.69) is 154 Å². The van der Waals surface area contributed by atoms with Crippen molar-refractivity contribution in [3.63, 3.8) is 0 Å². The van der Waals surface area contributed by atoms with E-state index in [1.165, 1.54) is 55.6 Å². The summed E-state index contributed by atoms with van der Waals surface area (Å²) in [4.78, 5) is 0. The van der Waals surface area contributed by atoms with E-state index in [0.29, 0.717) is 0 Å². The molecule has 0 saturated carbocycles. The molecule has 0 unspecified atom stereocenters. The Morgan fingerprint density at radius 2 is 0.560 bits per heavy atom. The number of hydrogen-bond acceptors (Lipinski definition) is 3. The number of aryl methyl sites for hydroxylation is 8. The molecule has 0 amide bonds. The van der Waals surface area contributed by atoms with Crippen LogP contribution >= 0.6 is 0 Å². The highest BCUT2D eigenvalue weighted by Gasteiger charge is 2.24. The molecule has 256 valence electrons. The number of benzene rings is 6. The fourth-order valence-corrected chi connectivity index (χ4v) is 5.58. The fraction of sp³-hybridized carbons (Fsp3) is 0.234. The first kappa shape index (κ1) is 36.0. The van der Waals surface area contributed by atoms with Gasteiger partial charge in [0.15, 0.2) is 0 Å². The van der Waals surface area contributed by atoms with Gasteiger partial charge in [-0.15, -0.1) is 0 Å². The minimum atomic E-state index is -0.217. The van der Waals surface area contributed by atoms with Crippen LogP contribution in [0.1, 0.15) is 69.5 Å². The van der Waals surface area contributed by atoms with Crippen LogP contribution in [0.4, 0.5) is 0 Å². The lowest BCUT2D eigenvalue weighted by atomic mass is 9.78. The van der Waals surface area contributed by atoms with Gasteiger partial charge in [-0.3, -0.25) is 0 Å². The molecule has 6 aromatic carbocycles. The Hall–Kier alpha value is -5.28. The van der Waals surface area contributed by atoms with Crippen molar-refractivity contribution in [1.29, 1.82) is 0 Å². The average molecular weight is 663 g/mol. The van der Waals surface area contributed by atoms with Gasteiger partial charge in [-0.05, 0) is 184 Å². The zero-order chi connectivity index (χ0) is 36.0. The molecule has 0 aliphatic rings. The minimum Gasteiger partial charge on any atom is -0.457 e. The van der Waals surface area contributed by atoms with E-state index in [1.54, 1.807) is 0 Å². The van der Waals surface area contributed by atoms with Crippen LogP contribution in [0, 0.1) is 55.4 Å². The smallest absolute Gasteiger partial charge is 0.127 e. The molecule has 6 rings (SSSR count). The number of rotatable bonds is 8. The first-order valence-electron chi connectivity index (χ1n) is 17.3. The molecule has 50 heavy (non-hydrogen) atoms. The molecule has 0 aliphatic carbocycles. The number of ether oxygens (including phenoxy) is 3. The van der Waals surface area contributed by atoms with Gasteiger partial charge >= 0.3 is 0 Å². The van der Waals surface area contributed by atoms with E-state index < -0.39 is 0 Å². The first-order valence-corrected chi connectivity index (χ1v) is 17.3. The molecule has 3 nitrogen and oxygen atoms in total. The predicted octanol–water partition coefficient (Wildman–Crippen LogP) is 13.5. The van der Waals surface area contributed by atoms with Gasteiger partial charge in [0, 0.05) is 5.41 Å². The van der Waals surface area contributed by atoms with Crippen LogP contribution in [0.2, 0.25) is 0 Å². The quantitative estimate of drug-likeness (QED) is 0.162. The first-order chi connectivity index (χ1) is 23.8. The van der Waals surface area contributed by atoms with Crippen LogP contribution in [0.15, 0.2) is 121 Å². The van der Waals surface area contributed by atoms with Crippen LogP contribution < -0.4 is 14.2 Å². The van der Waals surface area contributed by atoms with Crippen molar-refractivity contribution in [3.8, 4) is 34.5 Å². The second-order valence-electron chi connectivity index (χ2n) is 14.0. The minimum absolute atomic E-state index is 0.217. The molecule has 0 aromatic heterocycles. The van der Waals surface area contributed by atoms with Crippen LogP contribution in [-0.4, -0.2) is 0 Å². The second kappa shape index (κ2) is 15.5. The molecule has 0 bridgehead atoms. The van der Waals surface area contributed by atoms with Crippen molar-refractivity contribution >= 4 is 0 Å². The summed E-state index contributed by atoms with van der Waals surface area (Å²) in [6.45, 7) is 21.3. The maximum atomic E-state index is 6.18. The lowest BCUT2D eigenvalue weighted by molar-refractivity contribution is 0.477. The molecule has 0 atom stereocenters. The topological polar surface area (TPSA) is 27.7 Å². The lowest BCUT2D eigenvalue weighted by Gasteiger charge is -2.27. The van der Waals surface area contributed by atoms with Crippen molar-refractivity contribution in [1.82, 2.24) is 0 Å². The van der Waals surface area contributed by atoms with Gasteiger partial charge in [0.25, 0.3) is 0 Å². The third kappa shape index (κ3) is 9.03. The van der Waals surface area contributed by atoms with E-state index in [0.717, 1.165) is 34.5 Å². The molecule has 3 heteroatoms. The molecule has 6 aromatic rings. The fourth-order valence-electron chi connectivity index (χ4n) is 5.58. The zero-order valence-corrected chi connectivity index (χ0v) is 31.3. The normalized spacial score (nSPS) is 11.0. The predicted molar refractivity (Wildman–Crippen MR) is 209 cm³/mol. The van der Waals surface area contributed by atoms with Gasteiger partial charge in [0.2, 0.25) is 0 Å². The molecular weight excluding hydrogens is 613 g/mol. The molecule has 0 heterocycles. The second-order valence-corrected chi connectivity index (χ2v) is 14.0. The van der Waals surface area contributed by atoms with Crippen LogP contribution in [0.5, 0.6) is 34.5 Å². The summed E-state index contributed by atoms with van der Waals surface area (Å²) in [5.74, 6) is 5.19. The molecular formula is C47H50O3. The highest BCUT2D eigenvalue weighted by atomic mass is 16.5. The van der Waals surface area contributed by atoms with Crippen LogP contribution in [0.25, 0.3) is 0 Å². The molecule has 0 saturated heterocycles. The summed E-state index contributed by atoms with van der Waals surface area (Å²) in [5, 5.41) is 0. The van der Waals surface area contributed by atoms with Gasteiger partial charge in [-0.2, -0.15) is 0 Å². The third-order valence-electron chi connectivity index (χ3n) is 9.73. The average Bonchev–Trinajstić information content (AvgIpc) is 3.08. The van der Waals surface area contributed by atoms with Crippen molar-refractivity contribution in [3.05, 3.63) is 177 Å². The molecule has 0 spiro atoms. The van der Waals surface area contributed by atoms with Crippen molar-refractivity contribution < 1.29 is 14.2 Å².